The summed E-state index contributed by atoms with van der Waals surface area (Å²) in [6.45, 7) is 2.85. The van der Waals surface area contributed by atoms with Crippen LogP contribution in [0.4, 0.5) is 0 Å². The molecule has 3 aromatic rings. The molecule has 26 heavy (non-hydrogen) atoms. The molecule has 1 amide bonds. The molecule has 3 rings (SSSR count). The number of hydrogen-bond acceptors (Lipinski definition) is 5. The average Bonchev–Trinajstić information content (AvgIpc) is 3.13. The van der Waals surface area contributed by atoms with Crippen LogP contribution < -0.4 is 10.1 Å². The zero-order valence-electron chi connectivity index (χ0n) is 14.4. The number of aryl methyl sites for hydroxylation is 1. The molecule has 0 fully saturated rings. The van der Waals surface area contributed by atoms with E-state index in [9.17, 15) is 4.79 Å². The maximum Gasteiger partial charge on any atom is 0.230 e. The molecule has 7 heteroatoms. The van der Waals surface area contributed by atoms with Gasteiger partial charge in [-0.05, 0) is 24.6 Å². The van der Waals surface area contributed by atoms with Crippen molar-refractivity contribution in [3.8, 4) is 5.75 Å². The average molecular weight is 368 g/mol. The molecule has 2 aromatic carbocycles. The fourth-order valence-corrected chi connectivity index (χ4v) is 2.82. The minimum absolute atomic E-state index is 0.0545. The number of carbonyl (C=O) groups is 1. The van der Waals surface area contributed by atoms with Gasteiger partial charge in [-0.1, -0.05) is 59.8 Å². The fourth-order valence-electron chi connectivity index (χ4n) is 2.17. The van der Waals surface area contributed by atoms with E-state index in [0.29, 0.717) is 24.1 Å². The van der Waals surface area contributed by atoms with Crippen LogP contribution in [0.25, 0.3) is 0 Å². The van der Waals surface area contributed by atoms with Gasteiger partial charge in [-0.25, -0.2) is 4.98 Å². The second-order valence-corrected chi connectivity index (χ2v) is 6.66. The van der Waals surface area contributed by atoms with Gasteiger partial charge in [0.15, 0.2) is 5.82 Å². The highest BCUT2D eigenvalue weighted by molar-refractivity contribution is 7.99. The molecule has 0 unspecified atom stereocenters. The van der Waals surface area contributed by atoms with Crippen molar-refractivity contribution >= 4 is 17.7 Å². The Morgan fingerprint density at radius 3 is 2.69 bits per heavy atom. The van der Waals surface area contributed by atoms with Crippen molar-refractivity contribution < 1.29 is 9.53 Å². The Labute approximate surface area is 156 Å². The van der Waals surface area contributed by atoms with E-state index in [-0.39, 0.29) is 11.7 Å². The van der Waals surface area contributed by atoms with Crippen molar-refractivity contribution in [1.29, 1.82) is 0 Å². The van der Waals surface area contributed by atoms with Gasteiger partial charge in [0.1, 0.15) is 12.4 Å². The number of rotatable bonds is 8. The predicted octanol–water partition coefficient (Wildman–Crippen LogP) is 3.10. The van der Waals surface area contributed by atoms with E-state index in [4.69, 9.17) is 4.74 Å². The lowest BCUT2D eigenvalue weighted by Crippen LogP contribution is -2.24. The monoisotopic (exact) mass is 368 g/mol. The SMILES string of the molecule is Cc1ccc(OCc2nc(SCC(=O)NCc3ccccc3)n[nH]2)cc1. The smallest absolute Gasteiger partial charge is 0.230 e. The minimum atomic E-state index is -0.0545. The van der Waals surface area contributed by atoms with Crippen molar-refractivity contribution in [2.45, 2.75) is 25.2 Å². The minimum Gasteiger partial charge on any atom is -0.486 e. The van der Waals surface area contributed by atoms with Gasteiger partial charge in [0.25, 0.3) is 0 Å². The summed E-state index contributed by atoms with van der Waals surface area (Å²) in [7, 11) is 0. The summed E-state index contributed by atoms with van der Waals surface area (Å²) in [5.41, 5.74) is 2.25. The lowest BCUT2D eigenvalue weighted by Gasteiger charge is -2.04. The zero-order valence-corrected chi connectivity index (χ0v) is 15.3. The summed E-state index contributed by atoms with van der Waals surface area (Å²) >= 11 is 1.29. The van der Waals surface area contributed by atoms with Gasteiger partial charge in [0, 0.05) is 6.54 Å². The maximum atomic E-state index is 11.9. The van der Waals surface area contributed by atoms with E-state index < -0.39 is 0 Å². The molecule has 0 spiro atoms. The Kier molecular flexibility index (Phi) is 6.27. The van der Waals surface area contributed by atoms with Gasteiger partial charge >= 0.3 is 0 Å². The molecule has 0 bridgehead atoms. The molecule has 0 aliphatic rings. The van der Waals surface area contributed by atoms with Gasteiger partial charge in [-0.15, -0.1) is 5.10 Å². The Morgan fingerprint density at radius 2 is 1.92 bits per heavy atom. The first-order valence-corrected chi connectivity index (χ1v) is 9.22. The van der Waals surface area contributed by atoms with E-state index in [1.165, 1.54) is 17.3 Å². The first-order chi connectivity index (χ1) is 12.7. The summed E-state index contributed by atoms with van der Waals surface area (Å²) < 4.78 is 5.65. The van der Waals surface area contributed by atoms with Crippen LogP contribution in [0, 0.1) is 6.92 Å². The third kappa shape index (κ3) is 5.63. The third-order valence-electron chi connectivity index (χ3n) is 3.57. The number of nitrogens with one attached hydrogen (secondary N) is 2. The predicted molar refractivity (Wildman–Crippen MR) is 101 cm³/mol. The molecule has 6 nitrogen and oxygen atoms in total. The van der Waals surface area contributed by atoms with Crippen molar-refractivity contribution in [1.82, 2.24) is 20.5 Å². The molecular formula is C19H20N4O2S. The molecule has 1 heterocycles. The number of aromatic amines is 1. The van der Waals surface area contributed by atoms with Crippen LogP contribution in [0.1, 0.15) is 17.0 Å². The number of hydrogen-bond donors (Lipinski definition) is 2. The molecule has 0 atom stereocenters. The highest BCUT2D eigenvalue weighted by atomic mass is 32.2. The molecule has 0 aliphatic heterocycles. The summed E-state index contributed by atoms with van der Waals surface area (Å²) in [5, 5.41) is 10.3. The summed E-state index contributed by atoms with van der Waals surface area (Å²) in [4.78, 5) is 16.2. The molecule has 0 saturated carbocycles. The summed E-state index contributed by atoms with van der Waals surface area (Å²) in [6.07, 6.45) is 0. The molecule has 0 radical (unpaired) electrons. The van der Waals surface area contributed by atoms with Crippen LogP contribution in [0.15, 0.2) is 59.8 Å². The highest BCUT2D eigenvalue weighted by Gasteiger charge is 2.08. The van der Waals surface area contributed by atoms with E-state index in [2.05, 4.69) is 20.5 Å². The van der Waals surface area contributed by atoms with Crippen molar-refractivity contribution in [3.05, 3.63) is 71.5 Å². The summed E-state index contributed by atoms with van der Waals surface area (Å²) in [5.74, 6) is 1.61. The first kappa shape index (κ1) is 18.0. The molecular weight excluding hydrogens is 348 g/mol. The van der Waals surface area contributed by atoms with Crippen LogP contribution in [-0.2, 0) is 17.9 Å². The number of thioether (sulfide) groups is 1. The fraction of sp³-hybridized carbons (Fsp3) is 0.211. The topological polar surface area (TPSA) is 79.9 Å². The highest BCUT2D eigenvalue weighted by Crippen LogP contribution is 2.15. The lowest BCUT2D eigenvalue weighted by atomic mass is 10.2. The Balaban J connectivity index is 1.40. The first-order valence-electron chi connectivity index (χ1n) is 8.23. The Bertz CT molecular complexity index is 834. The van der Waals surface area contributed by atoms with Gasteiger partial charge < -0.3 is 10.1 Å². The zero-order chi connectivity index (χ0) is 18.2. The van der Waals surface area contributed by atoms with Gasteiger partial charge in [-0.3, -0.25) is 9.89 Å². The van der Waals surface area contributed by atoms with Gasteiger partial charge in [-0.2, -0.15) is 0 Å². The number of ether oxygens (including phenoxy) is 1. The number of amides is 1. The number of benzene rings is 2. The van der Waals surface area contributed by atoms with E-state index >= 15 is 0 Å². The Hall–Kier alpha value is -2.80. The normalized spacial score (nSPS) is 10.5. The second kappa shape index (κ2) is 9.05. The van der Waals surface area contributed by atoms with Crippen molar-refractivity contribution in [2.24, 2.45) is 0 Å². The second-order valence-electron chi connectivity index (χ2n) is 5.72. The van der Waals surface area contributed by atoms with Crippen LogP contribution in [0.5, 0.6) is 5.75 Å². The van der Waals surface area contributed by atoms with Crippen LogP contribution >= 0.6 is 11.8 Å². The largest absolute Gasteiger partial charge is 0.486 e. The lowest BCUT2D eigenvalue weighted by molar-refractivity contribution is -0.118. The van der Waals surface area contributed by atoms with Crippen LogP contribution in [0.2, 0.25) is 0 Å². The van der Waals surface area contributed by atoms with Gasteiger partial charge in [0.2, 0.25) is 11.1 Å². The number of aromatic nitrogens is 3. The third-order valence-corrected chi connectivity index (χ3v) is 4.42. The molecule has 0 aliphatic carbocycles. The number of H-pyrrole nitrogens is 1. The van der Waals surface area contributed by atoms with E-state index in [1.807, 2.05) is 61.5 Å². The van der Waals surface area contributed by atoms with Crippen molar-refractivity contribution in [3.63, 3.8) is 0 Å². The maximum absolute atomic E-state index is 11.9. The van der Waals surface area contributed by atoms with E-state index in [0.717, 1.165) is 11.3 Å². The molecule has 0 saturated heterocycles. The van der Waals surface area contributed by atoms with Crippen LogP contribution in [-0.4, -0.2) is 26.8 Å². The van der Waals surface area contributed by atoms with Crippen LogP contribution in [0.3, 0.4) is 0 Å². The standard InChI is InChI=1S/C19H20N4O2S/c1-14-7-9-16(10-8-14)25-12-17-21-19(23-22-17)26-13-18(24)20-11-15-5-3-2-4-6-15/h2-10H,11-13H2,1H3,(H,20,24)(H,21,22,23). The Morgan fingerprint density at radius 1 is 1.15 bits per heavy atom. The summed E-state index contributed by atoms with van der Waals surface area (Å²) in [6, 6.07) is 17.6. The number of carbonyl (C=O) groups excluding carboxylic acids is 1. The molecule has 134 valence electrons. The number of nitrogens with zero attached hydrogens (tertiary/aromatic N) is 2. The van der Waals surface area contributed by atoms with Gasteiger partial charge in [0.05, 0.1) is 5.75 Å². The molecule has 2 N–H and O–H groups in total. The van der Waals surface area contributed by atoms with Crippen molar-refractivity contribution in [2.75, 3.05) is 5.75 Å². The quantitative estimate of drug-likeness (QED) is 0.597. The molecule has 1 aromatic heterocycles. The van der Waals surface area contributed by atoms with E-state index in [1.54, 1.807) is 0 Å².